The first-order valence-corrected chi connectivity index (χ1v) is 6.45. The Balaban J connectivity index is 2.93. The molecule has 104 valence electrons. The van der Waals surface area contributed by atoms with Crippen molar-refractivity contribution in [2.75, 3.05) is 6.54 Å². The van der Waals surface area contributed by atoms with E-state index in [0.717, 1.165) is 0 Å². The normalized spacial score (nSPS) is 11.2. The van der Waals surface area contributed by atoms with Crippen molar-refractivity contribution in [2.45, 2.75) is 32.7 Å². The molecule has 19 heavy (non-hydrogen) atoms. The molecule has 0 aliphatic heterocycles. The second-order valence-electron chi connectivity index (χ2n) is 4.77. The van der Waals surface area contributed by atoms with Gasteiger partial charge in [0.05, 0.1) is 6.42 Å². The monoisotopic (exact) mass is 283 g/mol. The molecule has 0 unspecified atom stereocenters. The number of carboxylic acid groups (broad SMARTS) is 1. The molecule has 0 aromatic heterocycles. The van der Waals surface area contributed by atoms with E-state index in [-0.39, 0.29) is 12.3 Å². The van der Waals surface area contributed by atoms with Gasteiger partial charge in [0.2, 0.25) is 5.91 Å². The van der Waals surface area contributed by atoms with Crippen LogP contribution in [0.25, 0.3) is 0 Å². The Morgan fingerprint density at radius 3 is 2.37 bits per heavy atom. The zero-order valence-electron chi connectivity index (χ0n) is 11.3. The number of halogens is 1. The van der Waals surface area contributed by atoms with Crippen LogP contribution in [0, 0.1) is 0 Å². The molecular weight excluding hydrogens is 266 g/mol. The second kappa shape index (κ2) is 6.06. The molecule has 1 N–H and O–H groups in total. The third-order valence-electron chi connectivity index (χ3n) is 3.11. The molecule has 0 spiro atoms. The summed E-state index contributed by atoms with van der Waals surface area (Å²) in [4.78, 5) is 24.8. The Morgan fingerprint density at radius 1 is 1.32 bits per heavy atom. The molecule has 4 nitrogen and oxygen atoms in total. The van der Waals surface area contributed by atoms with Gasteiger partial charge in [0, 0.05) is 11.6 Å². The summed E-state index contributed by atoms with van der Waals surface area (Å²) in [6.45, 7) is 5.13. The summed E-state index contributed by atoms with van der Waals surface area (Å²) < 4.78 is 0. The van der Waals surface area contributed by atoms with Gasteiger partial charge in [0.1, 0.15) is 5.54 Å². The summed E-state index contributed by atoms with van der Waals surface area (Å²) in [6.07, 6.45) is 0.101. The third-order valence-corrected chi connectivity index (χ3v) is 3.48. The van der Waals surface area contributed by atoms with Crippen LogP contribution in [0.5, 0.6) is 0 Å². The van der Waals surface area contributed by atoms with Crippen LogP contribution in [0.3, 0.4) is 0 Å². The van der Waals surface area contributed by atoms with Gasteiger partial charge < -0.3 is 10.0 Å². The van der Waals surface area contributed by atoms with Crippen LogP contribution in [0.4, 0.5) is 0 Å². The number of carbonyl (C=O) groups is 2. The minimum absolute atomic E-state index is 0.101. The highest BCUT2D eigenvalue weighted by atomic mass is 35.5. The summed E-state index contributed by atoms with van der Waals surface area (Å²) in [5.74, 6) is -1.27. The fourth-order valence-corrected chi connectivity index (χ4v) is 2.10. The molecule has 1 aromatic carbocycles. The van der Waals surface area contributed by atoms with Crippen molar-refractivity contribution < 1.29 is 14.7 Å². The minimum atomic E-state index is -1.23. The molecular formula is C14H18ClNO3. The van der Waals surface area contributed by atoms with Gasteiger partial charge in [-0.05, 0) is 32.4 Å². The number of hydrogen-bond acceptors (Lipinski definition) is 2. The Kier molecular flexibility index (Phi) is 4.95. The summed E-state index contributed by atoms with van der Waals surface area (Å²) in [5.41, 5.74) is -0.526. The molecule has 5 heteroatoms. The molecule has 0 aliphatic rings. The summed E-state index contributed by atoms with van der Waals surface area (Å²) in [6, 6.07) is 7.06. The van der Waals surface area contributed by atoms with Crippen LogP contribution in [0.15, 0.2) is 24.3 Å². The first kappa shape index (κ1) is 15.5. The quantitative estimate of drug-likeness (QED) is 0.904. The Bertz CT molecular complexity index is 485. The van der Waals surface area contributed by atoms with Crippen molar-refractivity contribution in [1.29, 1.82) is 0 Å². The van der Waals surface area contributed by atoms with E-state index in [1.165, 1.54) is 18.7 Å². The highest BCUT2D eigenvalue weighted by Crippen LogP contribution is 2.20. The van der Waals surface area contributed by atoms with Gasteiger partial charge in [-0.2, -0.15) is 0 Å². The van der Waals surface area contributed by atoms with Crippen LogP contribution in [-0.2, 0) is 16.0 Å². The van der Waals surface area contributed by atoms with Crippen molar-refractivity contribution in [1.82, 2.24) is 4.90 Å². The number of amides is 1. The predicted octanol–water partition coefficient (Wildman–Crippen LogP) is 2.59. The maximum Gasteiger partial charge on any atom is 0.329 e. The van der Waals surface area contributed by atoms with Crippen molar-refractivity contribution in [3.8, 4) is 0 Å². The van der Waals surface area contributed by atoms with Gasteiger partial charge in [-0.1, -0.05) is 29.8 Å². The summed E-state index contributed by atoms with van der Waals surface area (Å²) >= 11 is 6.01. The second-order valence-corrected chi connectivity index (χ2v) is 5.18. The number of aliphatic carboxylic acids is 1. The average Bonchev–Trinajstić information content (AvgIpc) is 2.32. The van der Waals surface area contributed by atoms with E-state index in [1.54, 1.807) is 31.2 Å². The molecule has 1 rings (SSSR count). The lowest BCUT2D eigenvalue weighted by atomic mass is 10.0. The van der Waals surface area contributed by atoms with Gasteiger partial charge in [-0.25, -0.2) is 4.79 Å². The van der Waals surface area contributed by atoms with E-state index in [9.17, 15) is 14.7 Å². The minimum Gasteiger partial charge on any atom is -0.480 e. The fraction of sp³-hybridized carbons (Fsp3) is 0.429. The zero-order valence-corrected chi connectivity index (χ0v) is 12.1. The molecule has 1 aromatic rings. The topological polar surface area (TPSA) is 57.6 Å². The summed E-state index contributed by atoms with van der Waals surface area (Å²) in [7, 11) is 0. The van der Waals surface area contributed by atoms with E-state index < -0.39 is 11.5 Å². The van der Waals surface area contributed by atoms with E-state index in [2.05, 4.69) is 0 Å². The zero-order chi connectivity index (χ0) is 14.6. The van der Waals surface area contributed by atoms with Crippen molar-refractivity contribution >= 4 is 23.5 Å². The lowest BCUT2D eigenvalue weighted by Gasteiger charge is -2.34. The average molecular weight is 284 g/mol. The van der Waals surface area contributed by atoms with Gasteiger partial charge in [0.15, 0.2) is 0 Å². The van der Waals surface area contributed by atoms with Gasteiger partial charge in [-0.15, -0.1) is 0 Å². The van der Waals surface area contributed by atoms with Crippen LogP contribution in [-0.4, -0.2) is 34.0 Å². The standard InChI is InChI=1S/C14H18ClNO3/c1-4-16(14(2,3)13(18)19)12(17)9-10-7-5-6-8-11(10)15/h5-8H,4,9H2,1-3H3,(H,18,19). The predicted molar refractivity (Wildman–Crippen MR) is 74.3 cm³/mol. The van der Waals surface area contributed by atoms with E-state index in [1.807, 2.05) is 0 Å². The summed E-state index contributed by atoms with van der Waals surface area (Å²) in [5, 5.41) is 9.71. The molecule has 0 atom stereocenters. The lowest BCUT2D eigenvalue weighted by Crippen LogP contribution is -2.53. The molecule has 1 amide bonds. The maximum absolute atomic E-state index is 12.3. The van der Waals surface area contributed by atoms with Crippen molar-refractivity contribution in [2.24, 2.45) is 0 Å². The molecule has 0 heterocycles. The fourth-order valence-electron chi connectivity index (χ4n) is 1.90. The largest absolute Gasteiger partial charge is 0.480 e. The number of benzene rings is 1. The van der Waals surface area contributed by atoms with E-state index in [4.69, 9.17) is 11.6 Å². The first-order valence-electron chi connectivity index (χ1n) is 6.08. The maximum atomic E-state index is 12.3. The number of carbonyl (C=O) groups excluding carboxylic acids is 1. The van der Waals surface area contributed by atoms with Crippen molar-refractivity contribution in [3.05, 3.63) is 34.9 Å². The number of rotatable bonds is 5. The van der Waals surface area contributed by atoms with Crippen molar-refractivity contribution in [3.63, 3.8) is 0 Å². The van der Waals surface area contributed by atoms with E-state index in [0.29, 0.717) is 17.1 Å². The lowest BCUT2D eigenvalue weighted by molar-refractivity contribution is -0.156. The Hall–Kier alpha value is -1.55. The highest BCUT2D eigenvalue weighted by molar-refractivity contribution is 6.31. The smallest absolute Gasteiger partial charge is 0.329 e. The van der Waals surface area contributed by atoms with Crippen LogP contribution < -0.4 is 0 Å². The van der Waals surface area contributed by atoms with Gasteiger partial charge in [-0.3, -0.25) is 4.79 Å². The molecule has 0 saturated carbocycles. The van der Waals surface area contributed by atoms with Crippen LogP contribution in [0.1, 0.15) is 26.3 Å². The molecule has 0 radical (unpaired) electrons. The highest BCUT2D eigenvalue weighted by Gasteiger charge is 2.36. The SMILES string of the molecule is CCN(C(=O)Cc1ccccc1Cl)C(C)(C)C(=O)O. The molecule has 0 saturated heterocycles. The Morgan fingerprint density at radius 2 is 1.89 bits per heavy atom. The molecule has 0 bridgehead atoms. The van der Waals surface area contributed by atoms with Crippen LogP contribution in [0.2, 0.25) is 5.02 Å². The number of nitrogens with zero attached hydrogens (tertiary/aromatic N) is 1. The van der Waals surface area contributed by atoms with Gasteiger partial charge >= 0.3 is 5.97 Å². The van der Waals surface area contributed by atoms with Gasteiger partial charge in [0.25, 0.3) is 0 Å². The number of hydrogen-bond donors (Lipinski definition) is 1. The Labute approximate surface area is 118 Å². The third kappa shape index (κ3) is 3.47. The number of likely N-dealkylation sites (N-methyl/N-ethyl adjacent to an activating group) is 1. The first-order chi connectivity index (χ1) is 8.80. The van der Waals surface area contributed by atoms with Crippen LogP contribution >= 0.6 is 11.6 Å². The van der Waals surface area contributed by atoms with E-state index >= 15 is 0 Å². The molecule has 0 aliphatic carbocycles. The molecule has 0 fully saturated rings. The number of carboxylic acids is 1.